The van der Waals surface area contributed by atoms with Crippen molar-refractivity contribution in [3.63, 3.8) is 0 Å². The molecule has 0 fully saturated rings. The number of nitrogen functional groups attached to an aromatic ring is 1. The maximum Gasteiger partial charge on any atom is 0.416 e. The van der Waals surface area contributed by atoms with Gasteiger partial charge in [-0.15, -0.1) is 6.58 Å². The van der Waals surface area contributed by atoms with Crippen LogP contribution in [0.3, 0.4) is 0 Å². The van der Waals surface area contributed by atoms with Gasteiger partial charge in [-0.05, 0) is 31.0 Å². The lowest BCUT2D eigenvalue weighted by Crippen LogP contribution is -2.32. The molecule has 3 N–H and O–H groups in total. The molecule has 1 aromatic carbocycles. The van der Waals surface area contributed by atoms with Crippen molar-refractivity contribution in [3.05, 3.63) is 42.0 Å². The predicted molar refractivity (Wildman–Crippen MR) is 65.7 cm³/mol. The summed E-state index contributed by atoms with van der Waals surface area (Å²) in [6.45, 7) is 4.85. The van der Waals surface area contributed by atoms with Crippen LogP contribution in [-0.4, -0.2) is 11.1 Å². The average Bonchev–Trinajstić information content (AvgIpc) is 2.27. The van der Waals surface area contributed by atoms with E-state index in [1.165, 1.54) is 13.0 Å². The van der Waals surface area contributed by atoms with E-state index in [0.29, 0.717) is 0 Å². The number of carbonyl (C=O) groups is 1. The molecule has 0 saturated carbocycles. The molecule has 0 spiro atoms. The number of carboxylic acids is 1. The topological polar surface area (TPSA) is 63.3 Å². The van der Waals surface area contributed by atoms with Gasteiger partial charge in [0.15, 0.2) is 0 Å². The average molecular weight is 273 g/mol. The molecule has 0 aliphatic heterocycles. The SMILES string of the molecule is C=CCC(C)(C(=O)O)c1ccc(C(F)(F)F)cc1N. The first-order valence-electron chi connectivity index (χ1n) is 5.44. The maximum absolute atomic E-state index is 12.5. The van der Waals surface area contributed by atoms with Gasteiger partial charge in [-0.3, -0.25) is 4.79 Å². The summed E-state index contributed by atoms with van der Waals surface area (Å²) < 4.78 is 37.5. The van der Waals surface area contributed by atoms with Crippen molar-refractivity contribution in [1.82, 2.24) is 0 Å². The Kier molecular flexibility index (Phi) is 3.93. The third-order valence-corrected chi connectivity index (χ3v) is 3.00. The van der Waals surface area contributed by atoms with Crippen LogP contribution < -0.4 is 5.73 Å². The van der Waals surface area contributed by atoms with Gasteiger partial charge >= 0.3 is 12.1 Å². The van der Waals surface area contributed by atoms with E-state index in [4.69, 9.17) is 5.73 Å². The molecule has 1 aromatic rings. The minimum absolute atomic E-state index is 0.0674. The van der Waals surface area contributed by atoms with Crippen LogP contribution in [0, 0.1) is 0 Å². The van der Waals surface area contributed by atoms with Gasteiger partial charge in [-0.1, -0.05) is 12.1 Å². The highest BCUT2D eigenvalue weighted by Gasteiger charge is 2.37. The largest absolute Gasteiger partial charge is 0.481 e. The van der Waals surface area contributed by atoms with Gasteiger partial charge in [0.1, 0.15) is 0 Å². The number of anilines is 1. The summed E-state index contributed by atoms with van der Waals surface area (Å²) in [6.07, 6.45) is -3.05. The van der Waals surface area contributed by atoms with Crippen molar-refractivity contribution in [2.75, 3.05) is 5.73 Å². The number of hydrogen-bond donors (Lipinski definition) is 2. The number of carboxylic acid groups (broad SMARTS) is 1. The van der Waals surface area contributed by atoms with E-state index in [-0.39, 0.29) is 17.7 Å². The third kappa shape index (κ3) is 2.89. The smallest absolute Gasteiger partial charge is 0.416 e. The van der Waals surface area contributed by atoms with Crippen LogP contribution in [0.25, 0.3) is 0 Å². The molecular formula is C13H14F3NO2. The van der Waals surface area contributed by atoms with E-state index < -0.39 is 23.1 Å². The second-order valence-electron chi connectivity index (χ2n) is 4.43. The number of hydrogen-bond acceptors (Lipinski definition) is 2. The van der Waals surface area contributed by atoms with Crippen LogP contribution in [0.2, 0.25) is 0 Å². The summed E-state index contributed by atoms with van der Waals surface area (Å²) in [5.41, 5.74) is 3.23. The van der Waals surface area contributed by atoms with E-state index in [1.807, 2.05) is 0 Å². The number of allylic oxidation sites excluding steroid dienone is 1. The van der Waals surface area contributed by atoms with E-state index in [0.717, 1.165) is 18.2 Å². The Morgan fingerprint density at radius 2 is 2.05 bits per heavy atom. The van der Waals surface area contributed by atoms with Crippen molar-refractivity contribution in [2.45, 2.75) is 24.9 Å². The number of benzene rings is 1. The molecule has 1 atom stereocenters. The Morgan fingerprint density at radius 3 is 2.42 bits per heavy atom. The van der Waals surface area contributed by atoms with Crippen LogP contribution >= 0.6 is 0 Å². The van der Waals surface area contributed by atoms with Crippen LogP contribution in [0.15, 0.2) is 30.9 Å². The zero-order valence-corrected chi connectivity index (χ0v) is 10.3. The Hall–Kier alpha value is -1.98. The fraction of sp³-hybridized carbons (Fsp3) is 0.308. The zero-order chi connectivity index (χ0) is 14.8. The fourth-order valence-electron chi connectivity index (χ4n) is 1.84. The van der Waals surface area contributed by atoms with Crippen LogP contribution in [0.4, 0.5) is 18.9 Å². The van der Waals surface area contributed by atoms with Crippen molar-refractivity contribution < 1.29 is 23.1 Å². The van der Waals surface area contributed by atoms with Gasteiger partial charge in [-0.25, -0.2) is 0 Å². The lowest BCUT2D eigenvalue weighted by molar-refractivity contribution is -0.143. The summed E-state index contributed by atoms with van der Waals surface area (Å²) in [5, 5.41) is 9.25. The van der Waals surface area contributed by atoms with Crippen molar-refractivity contribution in [2.24, 2.45) is 0 Å². The lowest BCUT2D eigenvalue weighted by Gasteiger charge is -2.26. The predicted octanol–water partition coefficient (Wildman–Crippen LogP) is 3.21. The highest BCUT2D eigenvalue weighted by molar-refractivity contribution is 5.83. The highest BCUT2D eigenvalue weighted by Crippen LogP contribution is 2.37. The quantitative estimate of drug-likeness (QED) is 0.654. The van der Waals surface area contributed by atoms with Gasteiger partial charge in [0.05, 0.1) is 11.0 Å². The summed E-state index contributed by atoms with van der Waals surface area (Å²) >= 11 is 0. The molecule has 0 aliphatic carbocycles. The monoisotopic (exact) mass is 273 g/mol. The van der Waals surface area contributed by atoms with E-state index >= 15 is 0 Å². The van der Waals surface area contributed by atoms with Crippen LogP contribution in [0.1, 0.15) is 24.5 Å². The molecule has 1 rings (SSSR count). The number of halogens is 3. The second kappa shape index (κ2) is 4.95. The molecule has 6 heteroatoms. The second-order valence-corrected chi connectivity index (χ2v) is 4.43. The molecule has 3 nitrogen and oxygen atoms in total. The minimum Gasteiger partial charge on any atom is -0.481 e. The van der Waals surface area contributed by atoms with Crippen LogP contribution in [0.5, 0.6) is 0 Å². The molecule has 0 saturated heterocycles. The normalized spacial score (nSPS) is 14.7. The van der Waals surface area contributed by atoms with Gasteiger partial charge in [-0.2, -0.15) is 13.2 Å². The van der Waals surface area contributed by atoms with Gasteiger partial charge in [0, 0.05) is 5.69 Å². The molecule has 0 heterocycles. The molecule has 0 amide bonds. The molecule has 0 radical (unpaired) electrons. The Morgan fingerprint density at radius 1 is 1.47 bits per heavy atom. The van der Waals surface area contributed by atoms with Gasteiger partial charge in [0.25, 0.3) is 0 Å². The molecule has 0 bridgehead atoms. The molecule has 0 aromatic heterocycles. The number of alkyl halides is 3. The Labute approximate surface area is 108 Å². The molecule has 1 unspecified atom stereocenters. The highest BCUT2D eigenvalue weighted by atomic mass is 19.4. The van der Waals surface area contributed by atoms with Crippen molar-refractivity contribution in [3.8, 4) is 0 Å². The van der Waals surface area contributed by atoms with E-state index in [9.17, 15) is 23.1 Å². The first-order chi connectivity index (χ1) is 8.63. The molecule has 19 heavy (non-hydrogen) atoms. The summed E-state index contributed by atoms with van der Waals surface area (Å²) in [7, 11) is 0. The first-order valence-corrected chi connectivity index (χ1v) is 5.44. The number of nitrogens with two attached hydrogens (primary N) is 1. The number of aliphatic carboxylic acids is 1. The first kappa shape index (κ1) is 15.1. The van der Waals surface area contributed by atoms with Gasteiger partial charge in [0.2, 0.25) is 0 Å². The van der Waals surface area contributed by atoms with E-state index in [1.54, 1.807) is 0 Å². The van der Waals surface area contributed by atoms with E-state index in [2.05, 4.69) is 6.58 Å². The Balaban J connectivity index is 3.35. The standard InChI is InChI=1S/C13H14F3NO2/c1-3-6-12(2,11(18)19)9-5-4-8(7-10(9)17)13(14,15)16/h3-5,7H,1,6,17H2,2H3,(H,18,19). The molecule has 0 aliphatic rings. The molecular weight excluding hydrogens is 259 g/mol. The van der Waals surface area contributed by atoms with Crippen molar-refractivity contribution in [1.29, 1.82) is 0 Å². The number of rotatable bonds is 4. The maximum atomic E-state index is 12.5. The molecule has 104 valence electrons. The fourth-order valence-corrected chi connectivity index (χ4v) is 1.84. The Bertz CT molecular complexity index is 511. The summed E-state index contributed by atoms with van der Waals surface area (Å²) in [5.74, 6) is -1.17. The summed E-state index contributed by atoms with van der Waals surface area (Å²) in [6, 6.07) is 2.69. The lowest BCUT2D eigenvalue weighted by atomic mass is 9.78. The minimum atomic E-state index is -4.51. The third-order valence-electron chi connectivity index (χ3n) is 3.00. The van der Waals surface area contributed by atoms with Gasteiger partial charge < -0.3 is 10.8 Å². The summed E-state index contributed by atoms with van der Waals surface area (Å²) in [4.78, 5) is 11.3. The van der Waals surface area contributed by atoms with Crippen molar-refractivity contribution >= 4 is 11.7 Å². The van der Waals surface area contributed by atoms with Crippen LogP contribution in [-0.2, 0) is 16.4 Å². The zero-order valence-electron chi connectivity index (χ0n) is 10.3.